The zero-order chi connectivity index (χ0) is 13.0. The summed E-state index contributed by atoms with van der Waals surface area (Å²) < 4.78 is 2.91. The molecule has 1 heterocycles. The van der Waals surface area contributed by atoms with Gasteiger partial charge in [0.15, 0.2) is 0 Å². The molecule has 0 aliphatic heterocycles. The Hall–Kier alpha value is -0.840. The van der Waals surface area contributed by atoms with Gasteiger partial charge in [0.05, 0.1) is 6.54 Å². The molecule has 5 heteroatoms. The lowest BCUT2D eigenvalue weighted by Gasteiger charge is -2.16. The van der Waals surface area contributed by atoms with Crippen molar-refractivity contribution in [2.45, 2.75) is 19.5 Å². The van der Waals surface area contributed by atoms with Crippen LogP contribution in [0.1, 0.15) is 18.5 Å². The van der Waals surface area contributed by atoms with Crippen molar-refractivity contribution in [1.82, 2.24) is 15.1 Å². The molecular weight excluding hydrogens is 314 g/mol. The molecule has 0 spiro atoms. The minimum atomic E-state index is 0.223. The van der Waals surface area contributed by atoms with E-state index in [1.807, 2.05) is 35.1 Å². The smallest absolute Gasteiger partial charge is 0.0534 e. The summed E-state index contributed by atoms with van der Waals surface area (Å²) in [6, 6.07) is 8.11. The van der Waals surface area contributed by atoms with Crippen molar-refractivity contribution >= 4 is 27.5 Å². The van der Waals surface area contributed by atoms with Crippen molar-refractivity contribution < 1.29 is 0 Å². The van der Waals surface area contributed by atoms with Crippen LogP contribution in [0, 0.1) is 0 Å². The van der Waals surface area contributed by atoms with Crippen molar-refractivity contribution in [2.24, 2.45) is 0 Å². The van der Waals surface area contributed by atoms with E-state index in [0.717, 1.165) is 28.1 Å². The molecule has 2 rings (SSSR count). The van der Waals surface area contributed by atoms with Gasteiger partial charge in [-0.05, 0) is 30.7 Å². The summed E-state index contributed by atoms with van der Waals surface area (Å²) in [5, 5.41) is 8.38. The number of halogens is 2. The van der Waals surface area contributed by atoms with E-state index in [1.165, 1.54) is 0 Å². The highest BCUT2D eigenvalue weighted by molar-refractivity contribution is 9.10. The van der Waals surface area contributed by atoms with Gasteiger partial charge in [-0.1, -0.05) is 33.6 Å². The zero-order valence-corrected chi connectivity index (χ0v) is 12.4. The van der Waals surface area contributed by atoms with Gasteiger partial charge in [0.25, 0.3) is 0 Å². The van der Waals surface area contributed by atoms with E-state index in [9.17, 15) is 0 Å². The van der Waals surface area contributed by atoms with Crippen LogP contribution in [0.15, 0.2) is 41.1 Å². The van der Waals surface area contributed by atoms with Crippen LogP contribution in [0.2, 0.25) is 5.02 Å². The fraction of sp³-hybridized carbons (Fsp3) is 0.308. The third kappa shape index (κ3) is 3.57. The van der Waals surface area contributed by atoms with Gasteiger partial charge in [-0.2, -0.15) is 5.10 Å². The Balaban J connectivity index is 1.89. The van der Waals surface area contributed by atoms with Crippen LogP contribution in [-0.4, -0.2) is 16.3 Å². The van der Waals surface area contributed by atoms with Crippen molar-refractivity contribution in [2.75, 3.05) is 6.54 Å². The molecule has 0 fully saturated rings. The maximum Gasteiger partial charge on any atom is 0.0534 e. The maximum atomic E-state index is 6.22. The fourth-order valence-corrected chi connectivity index (χ4v) is 2.63. The summed E-state index contributed by atoms with van der Waals surface area (Å²) >= 11 is 9.62. The zero-order valence-electron chi connectivity index (χ0n) is 10.1. The molecule has 0 saturated carbocycles. The first kappa shape index (κ1) is 13.6. The second-order valence-corrected chi connectivity index (χ2v) is 5.43. The van der Waals surface area contributed by atoms with Crippen LogP contribution >= 0.6 is 27.5 Å². The van der Waals surface area contributed by atoms with Crippen LogP contribution < -0.4 is 5.32 Å². The molecule has 1 unspecified atom stereocenters. The summed E-state index contributed by atoms with van der Waals surface area (Å²) in [6.45, 7) is 3.82. The topological polar surface area (TPSA) is 29.9 Å². The molecule has 0 saturated heterocycles. The van der Waals surface area contributed by atoms with E-state index in [1.54, 1.807) is 6.20 Å². The quantitative estimate of drug-likeness (QED) is 0.908. The molecule has 18 heavy (non-hydrogen) atoms. The number of rotatable bonds is 5. The predicted molar refractivity (Wildman–Crippen MR) is 77.8 cm³/mol. The molecule has 0 radical (unpaired) electrons. The Kier molecular flexibility index (Phi) is 4.80. The maximum absolute atomic E-state index is 6.22. The Labute approximate surface area is 120 Å². The molecule has 1 N–H and O–H groups in total. The fourth-order valence-electron chi connectivity index (χ4n) is 1.79. The van der Waals surface area contributed by atoms with E-state index >= 15 is 0 Å². The summed E-state index contributed by atoms with van der Waals surface area (Å²) in [4.78, 5) is 0. The van der Waals surface area contributed by atoms with Crippen LogP contribution in [0.4, 0.5) is 0 Å². The Bertz CT molecular complexity index is 499. The molecule has 1 atom stereocenters. The number of hydrogen-bond acceptors (Lipinski definition) is 2. The molecule has 0 aliphatic carbocycles. The van der Waals surface area contributed by atoms with Gasteiger partial charge in [0.2, 0.25) is 0 Å². The van der Waals surface area contributed by atoms with E-state index in [4.69, 9.17) is 11.6 Å². The number of hydrogen-bond donors (Lipinski definition) is 1. The summed E-state index contributed by atoms with van der Waals surface area (Å²) in [5.74, 6) is 0. The molecule has 0 aliphatic rings. The van der Waals surface area contributed by atoms with E-state index in [2.05, 4.69) is 33.3 Å². The minimum absolute atomic E-state index is 0.223. The Morgan fingerprint density at radius 1 is 1.50 bits per heavy atom. The molecule has 2 aromatic rings. The SMILES string of the molecule is CC(NCCn1cccn1)c1ccc(Br)cc1Cl. The molecule has 1 aromatic carbocycles. The number of nitrogens with zero attached hydrogens (tertiary/aromatic N) is 2. The third-order valence-corrected chi connectivity index (χ3v) is 3.60. The Morgan fingerprint density at radius 2 is 2.33 bits per heavy atom. The first-order valence-electron chi connectivity index (χ1n) is 5.82. The largest absolute Gasteiger partial charge is 0.308 e. The molecule has 3 nitrogen and oxygen atoms in total. The normalized spacial score (nSPS) is 12.6. The Morgan fingerprint density at radius 3 is 3.00 bits per heavy atom. The standard InChI is InChI=1S/C13H15BrClN3/c1-10(12-4-3-11(14)9-13(12)15)16-6-8-18-7-2-5-17-18/h2-5,7,9-10,16H,6,8H2,1H3. The minimum Gasteiger partial charge on any atom is -0.308 e. The summed E-state index contributed by atoms with van der Waals surface area (Å²) in [5.41, 5.74) is 1.11. The van der Waals surface area contributed by atoms with E-state index in [-0.39, 0.29) is 6.04 Å². The molecule has 1 aromatic heterocycles. The van der Waals surface area contributed by atoms with Crippen molar-refractivity contribution in [3.8, 4) is 0 Å². The monoisotopic (exact) mass is 327 g/mol. The lowest BCUT2D eigenvalue weighted by molar-refractivity contribution is 0.507. The predicted octanol–water partition coefficient (Wildman–Crippen LogP) is 3.65. The highest BCUT2D eigenvalue weighted by Crippen LogP contribution is 2.26. The molecule has 0 amide bonds. The first-order valence-corrected chi connectivity index (χ1v) is 6.99. The first-order chi connectivity index (χ1) is 8.66. The van der Waals surface area contributed by atoms with Crippen molar-refractivity contribution in [3.05, 3.63) is 51.7 Å². The van der Waals surface area contributed by atoms with Gasteiger partial charge in [-0.25, -0.2) is 0 Å². The second-order valence-electron chi connectivity index (χ2n) is 4.11. The molecule has 0 bridgehead atoms. The van der Waals surface area contributed by atoms with Crippen LogP contribution in [0.3, 0.4) is 0 Å². The highest BCUT2D eigenvalue weighted by atomic mass is 79.9. The summed E-state index contributed by atoms with van der Waals surface area (Å²) in [7, 11) is 0. The van der Waals surface area contributed by atoms with Crippen molar-refractivity contribution in [1.29, 1.82) is 0 Å². The van der Waals surface area contributed by atoms with Gasteiger partial charge in [-0.15, -0.1) is 0 Å². The van der Waals surface area contributed by atoms with Gasteiger partial charge in [0, 0.05) is 34.5 Å². The third-order valence-electron chi connectivity index (χ3n) is 2.78. The van der Waals surface area contributed by atoms with E-state index in [0.29, 0.717) is 0 Å². The van der Waals surface area contributed by atoms with Crippen LogP contribution in [0.25, 0.3) is 0 Å². The lowest BCUT2D eigenvalue weighted by atomic mass is 10.1. The average Bonchev–Trinajstić information content (AvgIpc) is 2.81. The van der Waals surface area contributed by atoms with Crippen LogP contribution in [-0.2, 0) is 6.54 Å². The van der Waals surface area contributed by atoms with Gasteiger partial charge in [0.1, 0.15) is 0 Å². The lowest BCUT2D eigenvalue weighted by Crippen LogP contribution is -2.23. The van der Waals surface area contributed by atoms with E-state index < -0.39 is 0 Å². The molecule has 96 valence electrons. The molecular formula is C13H15BrClN3. The average molecular weight is 329 g/mol. The summed E-state index contributed by atoms with van der Waals surface area (Å²) in [6.07, 6.45) is 3.74. The van der Waals surface area contributed by atoms with Gasteiger partial charge < -0.3 is 5.32 Å². The number of benzene rings is 1. The van der Waals surface area contributed by atoms with Gasteiger partial charge >= 0.3 is 0 Å². The number of aromatic nitrogens is 2. The second kappa shape index (κ2) is 6.36. The highest BCUT2D eigenvalue weighted by Gasteiger charge is 2.09. The van der Waals surface area contributed by atoms with Crippen molar-refractivity contribution in [3.63, 3.8) is 0 Å². The number of nitrogens with one attached hydrogen (secondary N) is 1. The van der Waals surface area contributed by atoms with Gasteiger partial charge in [-0.3, -0.25) is 4.68 Å². The van der Waals surface area contributed by atoms with Crippen LogP contribution in [0.5, 0.6) is 0 Å².